The zero-order valence-electron chi connectivity index (χ0n) is 12.7. The Kier molecular flexibility index (Phi) is 4.32. The molecule has 0 radical (unpaired) electrons. The highest BCUT2D eigenvalue weighted by Gasteiger charge is 2.53. The van der Waals surface area contributed by atoms with E-state index in [1.807, 2.05) is 46.9 Å². The molecule has 5 heteroatoms. The van der Waals surface area contributed by atoms with Crippen molar-refractivity contribution in [3.63, 3.8) is 0 Å². The first kappa shape index (κ1) is 16.0. The molecular formula is C15H22ClNO2S. The largest absolute Gasteiger partial charge is 0.361 e. The van der Waals surface area contributed by atoms with Crippen LogP contribution < -0.4 is 0 Å². The van der Waals surface area contributed by atoms with Crippen molar-refractivity contribution in [3.8, 4) is 0 Å². The molecule has 0 aromatic carbocycles. The van der Waals surface area contributed by atoms with Gasteiger partial charge < -0.3 is 9.64 Å². The van der Waals surface area contributed by atoms with E-state index in [-0.39, 0.29) is 11.7 Å². The Morgan fingerprint density at radius 1 is 1.35 bits per heavy atom. The molecule has 1 fully saturated rings. The second kappa shape index (κ2) is 5.41. The second-order valence-electron chi connectivity index (χ2n) is 6.54. The first-order valence-corrected chi connectivity index (χ1v) is 7.98. The quantitative estimate of drug-likeness (QED) is 0.850. The molecule has 1 aliphatic rings. The van der Waals surface area contributed by atoms with Crippen LogP contribution in [0.3, 0.4) is 0 Å². The van der Waals surface area contributed by atoms with Crippen molar-refractivity contribution < 1.29 is 9.53 Å². The summed E-state index contributed by atoms with van der Waals surface area (Å²) < 4.78 is 6.72. The van der Waals surface area contributed by atoms with Gasteiger partial charge in [0, 0.05) is 18.0 Å². The summed E-state index contributed by atoms with van der Waals surface area (Å²) >= 11 is 7.53. The average Bonchev–Trinajstić information content (AvgIpc) is 2.74. The molecule has 2 heterocycles. The minimum absolute atomic E-state index is 0.0991. The standard InChI is InChI=1S/C15H22ClNO2S/c1-14(2)11(13(18)15(3,4)19-14)9-17(5)8-10-6-7-12(16)20-10/h6-7,11H,8-9H2,1-5H3. The smallest absolute Gasteiger partial charge is 0.171 e. The third-order valence-corrected chi connectivity index (χ3v) is 5.03. The molecule has 20 heavy (non-hydrogen) atoms. The summed E-state index contributed by atoms with van der Waals surface area (Å²) in [6, 6.07) is 3.94. The lowest BCUT2D eigenvalue weighted by molar-refractivity contribution is -0.132. The fourth-order valence-corrected chi connectivity index (χ4v) is 4.06. The summed E-state index contributed by atoms with van der Waals surface area (Å²) in [5.41, 5.74) is -1.09. The average molecular weight is 316 g/mol. The van der Waals surface area contributed by atoms with Crippen LogP contribution in [0.25, 0.3) is 0 Å². The number of ketones is 1. The van der Waals surface area contributed by atoms with Gasteiger partial charge in [0.1, 0.15) is 5.60 Å². The third kappa shape index (κ3) is 3.25. The molecule has 0 aliphatic carbocycles. The van der Waals surface area contributed by atoms with Gasteiger partial charge in [-0.3, -0.25) is 4.79 Å². The second-order valence-corrected chi connectivity index (χ2v) is 8.33. The van der Waals surface area contributed by atoms with Crippen molar-refractivity contribution in [1.82, 2.24) is 4.90 Å². The van der Waals surface area contributed by atoms with Crippen LogP contribution in [0.1, 0.15) is 32.6 Å². The number of hydrogen-bond donors (Lipinski definition) is 0. The Bertz CT molecular complexity index is 510. The molecule has 1 aromatic rings. The molecule has 1 atom stereocenters. The van der Waals surface area contributed by atoms with Crippen molar-refractivity contribution in [1.29, 1.82) is 0 Å². The maximum absolute atomic E-state index is 12.5. The molecule has 0 saturated carbocycles. The van der Waals surface area contributed by atoms with Crippen LogP contribution in [0.5, 0.6) is 0 Å². The molecule has 0 amide bonds. The van der Waals surface area contributed by atoms with Gasteiger partial charge in [0.05, 0.1) is 15.9 Å². The van der Waals surface area contributed by atoms with Crippen molar-refractivity contribution in [2.24, 2.45) is 5.92 Å². The monoisotopic (exact) mass is 315 g/mol. The lowest BCUT2D eigenvalue weighted by Crippen LogP contribution is -2.39. The highest BCUT2D eigenvalue weighted by Crippen LogP contribution is 2.39. The lowest BCUT2D eigenvalue weighted by atomic mass is 9.85. The molecule has 0 spiro atoms. The minimum atomic E-state index is -0.679. The normalized spacial score (nSPS) is 24.6. The molecule has 112 valence electrons. The van der Waals surface area contributed by atoms with E-state index >= 15 is 0 Å². The zero-order chi connectivity index (χ0) is 15.1. The number of Topliss-reactive ketones (excluding diaryl/α,β-unsaturated/α-hetero) is 1. The fourth-order valence-electron chi connectivity index (χ4n) is 2.90. The Morgan fingerprint density at radius 3 is 2.45 bits per heavy atom. The summed E-state index contributed by atoms with van der Waals surface area (Å²) in [6.07, 6.45) is 0. The highest BCUT2D eigenvalue weighted by atomic mass is 35.5. The van der Waals surface area contributed by atoms with Crippen molar-refractivity contribution >= 4 is 28.7 Å². The van der Waals surface area contributed by atoms with Crippen LogP contribution in [0, 0.1) is 5.92 Å². The zero-order valence-corrected chi connectivity index (χ0v) is 14.3. The van der Waals surface area contributed by atoms with E-state index in [0.29, 0.717) is 6.54 Å². The SMILES string of the molecule is CN(Cc1ccc(Cl)s1)CC1C(=O)C(C)(C)OC1(C)C. The highest BCUT2D eigenvalue weighted by molar-refractivity contribution is 7.16. The number of carbonyl (C=O) groups excluding carboxylic acids is 1. The number of thiophene rings is 1. The van der Waals surface area contributed by atoms with Crippen LogP contribution in [0.4, 0.5) is 0 Å². The summed E-state index contributed by atoms with van der Waals surface area (Å²) in [5.74, 6) is 0.0940. The predicted molar refractivity (Wildman–Crippen MR) is 83.4 cm³/mol. The molecule has 1 saturated heterocycles. The topological polar surface area (TPSA) is 29.5 Å². The summed E-state index contributed by atoms with van der Waals surface area (Å²) in [7, 11) is 2.03. The van der Waals surface area contributed by atoms with Gasteiger partial charge in [0.25, 0.3) is 0 Å². The predicted octanol–water partition coefficient (Wildman–Crippen LogP) is 3.61. The Hall–Kier alpha value is -0.420. The van der Waals surface area contributed by atoms with E-state index in [0.717, 1.165) is 10.9 Å². The molecule has 0 N–H and O–H groups in total. The van der Waals surface area contributed by atoms with E-state index in [9.17, 15) is 4.79 Å². The van der Waals surface area contributed by atoms with Gasteiger partial charge in [-0.25, -0.2) is 0 Å². The molecular weight excluding hydrogens is 294 g/mol. The molecule has 0 bridgehead atoms. The van der Waals surface area contributed by atoms with Crippen molar-refractivity contribution in [2.75, 3.05) is 13.6 Å². The first-order chi connectivity index (χ1) is 9.12. The minimum Gasteiger partial charge on any atom is -0.361 e. The van der Waals surface area contributed by atoms with Crippen LogP contribution >= 0.6 is 22.9 Å². The van der Waals surface area contributed by atoms with Gasteiger partial charge in [-0.2, -0.15) is 0 Å². The van der Waals surface area contributed by atoms with E-state index in [2.05, 4.69) is 4.90 Å². The van der Waals surface area contributed by atoms with Gasteiger partial charge in [-0.1, -0.05) is 11.6 Å². The Labute approximate surface area is 129 Å². The van der Waals surface area contributed by atoms with Crippen LogP contribution in [-0.4, -0.2) is 35.5 Å². The number of carbonyl (C=O) groups is 1. The number of hydrogen-bond acceptors (Lipinski definition) is 4. The maximum atomic E-state index is 12.5. The van der Waals surface area contributed by atoms with Gasteiger partial charge in [-0.15, -0.1) is 11.3 Å². The first-order valence-electron chi connectivity index (χ1n) is 6.79. The summed E-state index contributed by atoms with van der Waals surface area (Å²) in [5, 5.41) is 0. The molecule has 1 aliphatic heterocycles. The van der Waals surface area contributed by atoms with E-state index in [1.165, 1.54) is 4.88 Å². The van der Waals surface area contributed by atoms with Gasteiger partial charge >= 0.3 is 0 Å². The lowest BCUT2D eigenvalue weighted by Gasteiger charge is -2.28. The van der Waals surface area contributed by atoms with Crippen LogP contribution in [0.15, 0.2) is 12.1 Å². The van der Waals surface area contributed by atoms with E-state index < -0.39 is 11.2 Å². The molecule has 1 unspecified atom stereocenters. The summed E-state index contributed by atoms with van der Waals surface area (Å²) in [6.45, 7) is 9.22. The Balaban J connectivity index is 2.03. The summed E-state index contributed by atoms with van der Waals surface area (Å²) in [4.78, 5) is 15.8. The van der Waals surface area contributed by atoms with Crippen molar-refractivity contribution in [2.45, 2.75) is 45.4 Å². The number of ether oxygens (including phenoxy) is 1. The Morgan fingerprint density at radius 2 is 2.00 bits per heavy atom. The number of halogens is 1. The maximum Gasteiger partial charge on any atom is 0.171 e. The van der Waals surface area contributed by atoms with Gasteiger partial charge in [0.15, 0.2) is 5.78 Å². The number of rotatable bonds is 4. The van der Waals surface area contributed by atoms with Crippen LogP contribution in [0.2, 0.25) is 4.34 Å². The van der Waals surface area contributed by atoms with E-state index in [1.54, 1.807) is 11.3 Å². The van der Waals surface area contributed by atoms with Gasteiger partial charge in [-0.05, 0) is 46.9 Å². The fraction of sp³-hybridized carbons (Fsp3) is 0.667. The van der Waals surface area contributed by atoms with Crippen molar-refractivity contribution in [3.05, 3.63) is 21.3 Å². The molecule has 3 nitrogen and oxygen atoms in total. The van der Waals surface area contributed by atoms with Gasteiger partial charge in [0.2, 0.25) is 0 Å². The third-order valence-electron chi connectivity index (χ3n) is 3.82. The number of nitrogens with zero attached hydrogens (tertiary/aromatic N) is 1. The molecule has 1 aromatic heterocycles. The van der Waals surface area contributed by atoms with Crippen LogP contribution in [-0.2, 0) is 16.1 Å². The van der Waals surface area contributed by atoms with E-state index in [4.69, 9.17) is 16.3 Å². The molecule has 2 rings (SSSR count).